The standard InChI is InChI=1S/C13H13N3O/c14-7-9-17-15-13-10-4-1-2-5-11(10)16-8-3-6-12(13)16/h1-6,8H,7,9,14H2/b15-13+. The van der Waals surface area contributed by atoms with Gasteiger partial charge >= 0.3 is 0 Å². The number of aromatic nitrogens is 1. The van der Waals surface area contributed by atoms with Crippen molar-refractivity contribution in [3.8, 4) is 5.69 Å². The van der Waals surface area contributed by atoms with E-state index in [1.165, 1.54) is 0 Å². The summed E-state index contributed by atoms with van der Waals surface area (Å²) in [6, 6.07) is 12.2. The number of nitrogens with zero attached hydrogens (tertiary/aromatic N) is 2. The molecular formula is C13H13N3O. The molecule has 1 aliphatic rings. The molecule has 0 saturated heterocycles. The third-order valence-electron chi connectivity index (χ3n) is 2.78. The molecule has 0 fully saturated rings. The van der Waals surface area contributed by atoms with Crippen molar-refractivity contribution in [3.05, 3.63) is 53.9 Å². The molecular weight excluding hydrogens is 214 g/mol. The monoisotopic (exact) mass is 227 g/mol. The maximum absolute atomic E-state index is 5.38. The first-order valence-corrected chi connectivity index (χ1v) is 5.59. The van der Waals surface area contributed by atoms with Crippen LogP contribution in [0.25, 0.3) is 5.69 Å². The summed E-state index contributed by atoms with van der Waals surface area (Å²) < 4.78 is 2.11. The van der Waals surface area contributed by atoms with Gasteiger partial charge in [0.1, 0.15) is 12.3 Å². The summed E-state index contributed by atoms with van der Waals surface area (Å²) in [6.45, 7) is 0.909. The Morgan fingerprint density at radius 3 is 2.94 bits per heavy atom. The van der Waals surface area contributed by atoms with Gasteiger partial charge in [0, 0.05) is 18.3 Å². The number of rotatable bonds is 3. The normalized spacial score (nSPS) is 14.8. The highest BCUT2D eigenvalue weighted by Crippen LogP contribution is 2.28. The zero-order chi connectivity index (χ0) is 11.7. The lowest BCUT2D eigenvalue weighted by Gasteiger charge is -2.00. The minimum absolute atomic E-state index is 0.437. The topological polar surface area (TPSA) is 52.5 Å². The van der Waals surface area contributed by atoms with E-state index < -0.39 is 0 Å². The first-order valence-electron chi connectivity index (χ1n) is 5.59. The number of benzene rings is 1. The van der Waals surface area contributed by atoms with Crippen molar-refractivity contribution < 1.29 is 4.84 Å². The van der Waals surface area contributed by atoms with Crippen LogP contribution in [0.1, 0.15) is 11.3 Å². The van der Waals surface area contributed by atoms with Gasteiger partial charge in [-0.1, -0.05) is 23.4 Å². The van der Waals surface area contributed by atoms with Crippen LogP contribution in [0, 0.1) is 0 Å². The molecule has 3 rings (SSSR count). The molecule has 2 heterocycles. The summed E-state index contributed by atoms with van der Waals surface area (Å²) >= 11 is 0. The van der Waals surface area contributed by atoms with Crippen LogP contribution >= 0.6 is 0 Å². The second-order valence-electron chi connectivity index (χ2n) is 3.84. The predicted octanol–water partition coefficient (Wildman–Crippen LogP) is 1.52. The third-order valence-corrected chi connectivity index (χ3v) is 2.78. The van der Waals surface area contributed by atoms with Crippen molar-refractivity contribution in [2.45, 2.75) is 0 Å². The number of nitrogens with two attached hydrogens (primary N) is 1. The van der Waals surface area contributed by atoms with Crippen molar-refractivity contribution >= 4 is 5.71 Å². The Morgan fingerprint density at radius 2 is 2.06 bits per heavy atom. The zero-order valence-electron chi connectivity index (χ0n) is 9.34. The van der Waals surface area contributed by atoms with Gasteiger partial charge < -0.3 is 15.1 Å². The number of hydrogen-bond donors (Lipinski definition) is 1. The quantitative estimate of drug-likeness (QED) is 0.545. The third kappa shape index (κ3) is 1.54. The van der Waals surface area contributed by atoms with Gasteiger partial charge in [-0.2, -0.15) is 0 Å². The van der Waals surface area contributed by atoms with Crippen LogP contribution in [0.4, 0.5) is 0 Å². The number of para-hydroxylation sites is 1. The van der Waals surface area contributed by atoms with E-state index in [0.717, 1.165) is 22.7 Å². The molecule has 2 N–H and O–H groups in total. The van der Waals surface area contributed by atoms with E-state index >= 15 is 0 Å². The molecule has 0 atom stereocenters. The van der Waals surface area contributed by atoms with Gasteiger partial charge in [-0.25, -0.2) is 0 Å². The maximum atomic E-state index is 5.38. The zero-order valence-corrected chi connectivity index (χ0v) is 9.34. The van der Waals surface area contributed by atoms with E-state index in [9.17, 15) is 0 Å². The number of oxime groups is 1. The predicted molar refractivity (Wildman–Crippen MR) is 66.4 cm³/mol. The highest BCUT2D eigenvalue weighted by Gasteiger charge is 2.24. The Kier molecular flexibility index (Phi) is 2.42. The Bertz CT molecular complexity index is 572. The summed E-state index contributed by atoms with van der Waals surface area (Å²) in [7, 11) is 0. The molecule has 86 valence electrons. The lowest BCUT2D eigenvalue weighted by molar-refractivity contribution is 0.152. The summed E-state index contributed by atoms with van der Waals surface area (Å²) in [5, 5.41) is 4.18. The van der Waals surface area contributed by atoms with Gasteiger partial charge in [0.15, 0.2) is 0 Å². The van der Waals surface area contributed by atoms with E-state index in [-0.39, 0.29) is 0 Å². The molecule has 0 amide bonds. The minimum atomic E-state index is 0.437. The van der Waals surface area contributed by atoms with Crippen molar-refractivity contribution in [1.29, 1.82) is 0 Å². The maximum Gasteiger partial charge on any atom is 0.136 e. The second kappa shape index (κ2) is 4.07. The van der Waals surface area contributed by atoms with Crippen molar-refractivity contribution in [1.82, 2.24) is 4.57 Å². The van der Waals surface area contributed by atoms with Crippen LogP contribution in [-0.4, -0.2) is 23.4 Å². The Hall–Kier alpha value is -2.07. The van der Waals surface area contributed by atoms with Crippen molar-refractivity contribution in [2.75, 3.05) is 13.2 Å². The average Bonchev–Trinajstić information content (AvgIpc) is 2.92. The highest BCUT2D eigenvalue weighted by atomic mass is 16.6. The first kappa shape index (κ1) is 10.1. The van der Waals surface area contributed by atoms with Gasteiger partial charge in [-0.3, -0.25) is 0 Å². The minimum Gasteiger partial charge on any atom is -0.394 e. The molecule has 0 spiro atoms. The van der Waals surface area contributed by atoms with E-state index in [4.69, 9.17) is 10.6 Å². The molecule has 2 aromatic rings. The highest BCUT2D eigenvalue weighted by molar-refractivity contribution is 6.17. The molecule has 1 aromatic carbocycles. The van der Waals surface area contributed by atoms with E-state index in [2.05, 4.69) is 15.8 Å². The lowest BCUT2D eigenvalue weighted by Crippen LogP contribution is -2.07. The number of hydrogen-bond acceptors (Lipinski definition) is 3. The van der Waals surface area contributed by atoms with Gasteiger partial charge in [0.2, 0.25) is 0 Å². The van der Waals surface area contributed by atoms with Crippen molar-refractivity contribution in [3.63, 3.8) is 0 Å². The fourth-order valence-electron chi connectivity index (χ4n) is 2.06. The summed E-state index contributed by atoms with van der Waals surface area (Å²) in [4.78, 5) is 5.20. The molecule has 4 heteroatoms. The van der Waals surface area contributed by atoms with Crippen LogP contribution in [0.15, 0.2) is 47.8 Å². The van der Waals surface area contributed by atoms with Crippen LogP contribution in [0.3, 0.4) is 0 Å². The lowest BCUT2D eigenvalue weighted by atomic mass is 10.1. The SMILES string of the molecule is NCCO/N=C1\c2ccccc2-n2cccc21. The fraction of sp³-hybridized carbons (Fsp3) is 0.154. The van der Waals surface area contributed by atoms with E-state index in [0.29, 0.717) is 13.2 Å². The molecule has 1 aromatic heterocycles. The summed E-state index contributed by atoms with van der Waals surface area (Å²) in [6.07, 6.45) is 2.03. The molecule has 0 aliphatic carbocycles. The van der Waals surface area contributed by atoms with Crippen LogP contribution in [0.5, 0.6) is 0 Å². The molecule has 1 aliphatic heterocycles. The number of fused-ring (bicyclic) bond motifs is 3. The fourth-order valence-corrected chi connectivity index (χ4v) is 2.06. The molecule has 0 radical (unpaired) electrons. The van der Waals surface area contributed by atoms with Gasteiger partial charge in [-0.15, -0.1) is 0 Å². The van der Waals surface area contributed by atoms with Crippen LogP contribution in [-0.2, 0) is 4.84 Å². The molecule has 0 unspecified atom stereocenters. The second-order valence-corrected chi connectivity index (χ2v) is 3.84. The largest absolute Gasteiger partial charge is 0.394 e. The van der Waals surface area contributed by atoms with Crippen LogP contribution < -0.4 is 5.73 Å². The first-order chi connectivity index (χ1) is 8.42. The summed E-state index contributed by atoms with van der Waals surface area (Å²) in [5.74, 6) is 0. The average molecular weight is 227 g/mol. The summed E-state index contributed by atoms with van der Waals surface area (Å²) in [5.41, 5.74) is 9.55. The molecule has 0 bridgehead atoms. The Balaban J connectivity index is 2.08. The Labute approximate surface area is 99.3 Å². The van der Waals surface area contributed by atoms with Gasteiger partial charge in [-0.05, 0) is 18.2 Å². The van der Waals surface area contributed by atoms with Gasteiger partial charge in [0.05, 0.1) is 11.4 Å². The Morgan fingerprint density at radius 1 is 1.18 bits per heavy atom. The molecule has 4 nitrogen and oxygen atoms in total. The molecule has 0 saturated carbocycles. The van der Waals surface area contributed by atoms with E-state index in [1.807, 2.05) is 36.5 Å². The van der Waals surface area contributed by atoms with Crippen LogP contribution in [0.2, 0.25) is 0 Å². The molecule has 17 heavy (non-hydrogen) atoms. The van der Waals surface area contributed by atoms with E-state index in [1.54, 1.807) is 0 Å². The van der Waals surface area contributed by atoms with Gasteiger partial charge in [0.25, 0.3) is 0 Å². The van der Waals surface area contributed by atoms with Crippen molar-refractivity contribution in [2.24, 2.45) is 10.9 Å². The smallest absolute Gasteiger partial charge is 0.136 e.